The summed E-state index contributed by atoms with van der Waals surface area (Å²) in [5, 5.41) is 8.81. The van der Waals surface area contributed by atoms with Gasteiger partial charge in [0.25, 0.3) is 0 Å². The van der Waals surface area contributed by atoms with Crippen molar-refractivity contribution < 1.29 is 13.2 Å². The van der Waals surface area contributed by atoms with Crippen molar-refractivity contribution in [2.75, 3.05) is 12.8 Å². The van der Waals surface area contributed by atoms with Crippen molar-refractivity contribution in [3.05, 3.63) is 35.0 Å². The Morgan fingerprint density at radius 2 is 2.24 bits per heavy atom. The maximum atomic E-state index is 12.7. The van der Waals surface area contributed by atoms with E-state index in [4.69, 9.17) is 0 Å². The number of rotatable bonds is 4. The monoisotopic (exact) mass is 382 g/mol. The number of likely N-dealkylation sites (tertiary alicyclic amines) is 1. The highest BCUT2D eigenvalue weighted by Gasteiger charge is 2.29. The second-order valence-electron chi connectivity index (χ2n) is 6.32. The van der Waals surface area contributed by atoms with Crippen LogP contribution in [0, 0.1) is 0 Å². The van der Waals surface area contributed by atoms with Crippen LogP contribution in [0.1, 0.15) is 36.4 Å². The molecule has 1 unspecified atom stereocenters. The minimum atomic E-state index is -3.27. The quantitative estimate of drug-likeness (QED) is 0.879. The molecule has 0 radical (unpaired) electrons. The van der Waals surface area contributed by atoms with Crippen LogP contribution in [0.4, 0.5) is 4.79 Å². The van der Waals surface area contributed by atoms with Crippen molar-refractivity contribution in [2.24, 2.45) is 7.05 Å². The topological polar surface area (TPSA) is 84.3 Å². The van der Waals surface area contributed by atoms with Crippen LogP contribution >= 0.6 is 11.3 Å². The molecule has 3 rings (SSSR count). The first kappa shape index (κ1) is 17.9. The standard InChI is InChI=1S/C16H22N4O3S2/c1-19-11-13(10-18-19)14-5-3-4-7-20(14)16(21)17-9-12-6-8-24-15(12)25(2,22)23/h6,8,10-11,14H,3-5,7,9H2,1-2H3,(H,17,21). The normalized spacial score (nSPS) is 18.3. The molecule has 1 atom stereocenters. The molecule has 0 spiro atoms. The highest BCUT2D eigenvalue weighted by Crippen LogP contribution is 2.30. The molecule has 2 amide bonds. The van der Waals surface area contributed by atoms with Gasteiger partial charge >= 0.3 is 6.03 Å². The van der Waals surface area contributed by atoms with Crippen LogP contribution < -0.4 is 5.32 Å². The number of nitrogens with zero attached hydrogens (tertiary/aromatic N) is 3. The Morgan fingerprint density at radius 1 is 1.44 bits per heavy atom. The van der Waals surface area contributed by atoms with Gasteiger partial charge in [0, 0.05) is 43.7 Å². The highest BCUT2D eigenvalue weighted by molar-refractivity contribution is 7.92. The number of amides is 2. The summed E-state index contributed by atoms with van der Waals surface area (Å²) in [7, 11) is -1.41. The van der Waals surface area contributed by atoms with E-state index < -0.39 is 9.84 Å². The van der Waals surface area contributed by atoms with Gasteiger partial charge < -0.3 is 10.2 Å². The average Bonchev–Trinajstić information content (AvgIpc) is 3.21. The van der Waals surface area contributed by atoms with Crippen molar-refractivity contribution >= 4 is 27.2 Å². The molecule has 1 aliphatic heterocycles. The summed E-state index contributed by atoms with van der Waals surface area (Å²) in [5.41, 5.74) is 1.67. The molecule has 2 aromatic rings. The Hall–Kier alpha value is -1.87. The number of hydrogen-bond donors (Lipinski definition) is 1. The van der Waals surface area contributed by atoms with Gasteiger partial charge in [-0.05, 0) is 30.7 Å². The summed E-state index contributed by atoms with van der Waals surface area (Å²) in [4.78, 5) is 14.5. The molecule has 2 aromatic heterocycles. The number of aryl methyl sites for hydroxylation is 1. The molecule has 0 aromatic carbocycles. The first-order valence-electron chi connectivity index (χ1n) is 8.15. The van der Waals surface area contributed by atoms with E-state index in [1.165, 1.54) is 17.6 Å². The molecule has 1 fully saturated rings. The van der Waals surface area contributed by atoms with Gasteiger partial charge in [-0.15, -0.1) is 11.3 Å². The third kappa shape index (κ3) is 4.04. The first-order valence-corrected chi connectivity index (χ1v) is 10.9. The Bertz CT molecular complexity index is 856. The first-order chi connectivity index (χ1) is 11.9. The number of hydrogen-bond acceptors (Lipinski definition) is 5. The lowest BCUT2D eigenvalue weighted by atomic mass is 9.98. The van der Waals surface area contributed by atoms with E-state index in [9.17, 15) is 13.2 Å². The molecule has 1 saturated heterocycles. The predicted molar refractivity (Wildman–Crippen MR) is 96.2 cm³/mol. The summed E-state index contributed by atoms with van der Waals surface area (Å²) in [6.07, 6.45) is 7.89. The fourth-order valence-electron chi connectivity index (χ4n) is 3.18. The summed E-state index contributed by atoms with van der Waals surface area (Å²) >= 11 is 1.18. The SMILES string of the molecule is Cn1cc(C2CCCCN2C(=O)NCc2ccsc2S(C)(=O)=O)cn1. The smallest absolute Gasteiger partial charge is 0.318 e. The Labute approximate surface area is 151 Å². The van der Waals surface area contributed by atoms with E-state index in [0.717, 1.165) is 24.8 Å². The van der Waals surface area contributed by atoms with Crippen LogP contribution in [-0.4, -0.2) is 41.9 Å². The molecule has 7 nitrogen and oxygen atoms in total. The van der Waals surface area contributed by atoms with Gasteiger partial charge in [-0.2, -0.15) is 5.10 Å². The van der Waals surface area contributed by atoms with Crippen LogP contribution in [0.5, 0.6) is 0 Å². The molecule has 1 aliphatic rings. The van der Waals surface area contributed by atoms with Crippen molar-refractivity contribution in [2.45, 2.75) is 36.1 Å². The van der Waals surface area contributed by atoms with E-state index in [0.29, 0.717) is 16.3 Å². The van der Waals surface area contributed by atoms with Crippen molar-refractivity contribution in [1.29, 1.82) is 0 Å². The van der Waals surface area contributed by atoms with Gasteiger partial charge in [0.05, 0.1) is 12.2 Å². The minimum Gasteiger partial charge on any atom is -0.334 e. The van der Waals surface area contributed by atoms with E-state index in [2.05, 4.69) is 10.4 Å². The molecule has 0 bridgehead atoms. The van der Waals surface area contributed by atoms with Gasteiger partial charge in [0.2, 0.25) is 0 Å². The lowest BCUT2D eigenvalue weighted by Crippen LogP contribution is -2.44. The molecule has 1 N–H and O–H groups in total. The third-order valence-electron chi connectivity index (χ3n) is 4.35. The van der Waals surface area contributed by atoms with Crippen LogP contribution in [0.15, 0.2) is 28.0 Å². The maximum absolute atomic E-state index is 12.7. The van der Waals surface area contributed by atoms with Crippen LogP contribution in [0.25, 0.3) is 0 Å². The molecule has 25 heavy (non-hydrogen) atoms. The zero-order chi connectivity index (χ0) is 18.0. The van der Waals surface area contributed by atoms with Gasteiger partial charge in [-0.25, -0.2) is 13.2 Å². The summed E-state index contributed by atoms with van der Waals surface area (Å²) in [5.74, 6) is 0. The highest BCUT2D eigenvalue weighted by atomic mass is 32.2. The van der Waals surface area contributed by atoms with Crippen molar-refractivity contribution in [1.82, 2.24) is 20.0 Å². The molecule has 9 heteroatoms. The van der Waals surface area contributed by atoms with E-state index in [1.54, 1.807) is 22.3 Å². The Balaban J connectivity index is 1.70. The lowest BCUT2D eigenvalue weighted by molar-refractivity contribution is 0.151. The zero-order valence-corrected chi connectivity index (χ0v) is 15.9. The number of urea groups is 1. The fraction of sp³-hybridized carbons (Fsp3) is 0.500. The van der Waals surface area contributed by atoms with E-state index in [-0.39, 0.29) is 18.6 Å². The maximum Gasteiger partial charge on any atom is 0.318 e. The number of nitrogens with one attached hydrogen (secondary N) is 1. The molecular weight excluding hydrogens is 360 g/mol. The molecule has 136 valence electrons. The molecule has 3 heterocycles. The second-order valence-corrected chi connectivity index (χ2v) is 9.44. The number of aromatic nitrogens is 2. The zero-order valence-electron chi connectivity index (χ0n) is 14.3. The van der Waals surface area contributed by atoms with Crippen molar-refractivity contribution in [3.8, 4) is 0 Å². The summed E-state index contributed by atoms with van der Waals surface area (Å²) in [6, 6.07) is 1.59. The predicted octanol–water partition coefficient (Wildman–Crippen LogP) is 2.32. The number of thiophene rings is 1. The molecule has 0 saturated carbocycles. The van der Waals surface area contributed by atoms with Crippen molar-refractivity contribution in [3.63, 3.8) is 0 Å². The van der Waals surface area contributed by atoms with E-state index >= 15 is 0 Å². The minimum absolute atomic E-state index is 0.0132. The van der Waals surface area contributed by atoms with Gasteiger partial charge in [-0.3, -0.25) is 4.68 Å². The number of sulfone groups is 1. The Kier molecular flexibility index (Phi) is 5.14. The second kappa shape index (κ2) is 7.17. The van der Waals surface area contributed by atoms with Gasteiger partial charge in [0.1, 0.15) is 4.21 Å². The Morgan fingerprint density at radius 3 is 2.92 bits per heavy atom. The van der Waals surface area contributed by atoms with Gasteiger partial charge in [0.15, 0.2) is 9.84 Å². The average molecular weight is 383 g/mol. The lowest BCUT2D eigenvalue weighted by Gasteiger charge is -2.35. The molecular formula is C16H22N4O3S2. The largest absolute Gasteiger partial charge is 0.334 e. The van der Waals surface area contributed by atoms with Crippen LogP contribution in [0.2, 0.25) is 0 Å². The summed E-state index contributed by atoms with van der Waals surface area (Å²) in [6.45, 7) is 0.898. The summed E-state index contributed by atoms with van der Waals surface area (Å²) < 4.78 is 25.6. The van der Waals surface area contributed by atoms with Crippen LogP contribution in [0.3, 0.4) is 0 Å². The third-order valence-corrected chi connectivity index (χ3v) is 7.23. The van der Waals surface area contributed by atoms with Gasteiger partial charge in [-0.1, -0.05) is 0 Å². The number of carbonyl (C=O) groups excluding carboxylic acids is 1. The molecule has 0 aliphatic carbocycles. The van der Waals surface area contributed by atoms with Crippen LogP contribution in [-0.2, 0) is 23.4 Å². The number of carbonyl (C=O) groups is 1. The fourth-order valence-corrected chi connectivity index (χ4v) is 5.31. The number of piperidine rings is 1. The van der Waals surface area contributed by atoms with E-state index in [1.807, 2.05) is 18.1 Å².